The van der Waals surface area contributed by atoms with E-state index in [0.29, 0.717) is 42.7 Å². The highest BCUT2D eigenvalue weighted by Crippen LogP contribution is 2.28. The number of carboxylic acid groups (broad SMARTS) is 1. The maximum atomic E-state index is 12.8. The van der Waals surface area contributed by atoms with E-state index in [1.165, 1.54) is 0 Å². The molecule has 0 amide bonds. The Balaban J connectivity index is 0.000000252. The van der Waals surface area contributed by atoms with Crippen LogP contribution in [0.1, 0.15) is 130 Å². The minimum Gasteiger partial charge on any atom is -0.478 e. The molecule has 0 atom stereocenters. The zero-order valence-electron chi connectivity index (χ0n) is 37.9. The summed E-state index contributed by atoms with van der Waals surface area (Å²) in [6.07, 6.45) is 4.32. The molecular weight excluding hydrogens is 795 g/mol. The second-order valence-corrected chi connectivity index (χ2v) is 17.3. The van der Waals surface area contributed by atoms with Crippen LogP contribution < -0.4 is 5.73 Å². The molecule has 6 rings (SSSR count). The Labute approximate surface area is 370 Å². The number of carbonyl (C=O) groups is 3. The van der Waals surface area contributed by atoms with Gasteiger partial charge < -0.3 is 29.4 Å². The quantitative estimate of drug-likeness (QED) is 0.0887. The Hall–Kier alpha value is -6.47. The third-order valence-electron chi connectivity index (χ3n) is 9.83. The van der Waals surface area contributed by atoms with Gasteiger partial charge in [0.05, 0.1) is 37.2 Å². The summed E-state index contributed by atoms with van der Waals surface area (Å²) in [6.45, 7) is 17.0. The van der Waals surface area contributed by atoms with Gasteiger partial charge in [0.2, 0.25) is 0 Å². The van der Waals surface area contributed by atoms with Gasteiger partial charge in [-0.3, -0.25) is 4.79 Å². The topological polar surface area (TPSA) is 177 Å². The maximum absolute atomic E-state index is 12.8. The van der Waals surface area contributed by atoms with Crippen molar-refractivity contribution < 1.29 is 29.0 Å². The first-order chi connectivity index (χ1) is 30.0. The van der Waals surface area contributed by atoms with E-state index in [1.807, 2.05) is 108 Å². The van der Waals surface area contributed by atoms with Gasteiger partial charge in [0.25, 0.3) is 0 Å². The summed E-state index contributed by atoms with van der Waals surface area (Å²) in [5.41, 5.74) is 11.1. The van der Waals surface area contributed by atoms with Gasteiger partial charge in [-0.15, -0.1) is 20.4 Å². The van der Waals surface area contributed by atoms with Crippen molar-refractivity contribution in [2.24, 2.45) is 5.73 Å². The molecule has 0 bridgehead atoms. The van der Waals surface area contributed by atoms with Gasteiger partial charge in [0.1, 0.15) is 34.5 Å². The number of hydrogen-bond donors (Lipinski definition) is 2. The first kappa shape index (κ1) is 47.6. The molecule has 4 aromatic carbocycles. The van der Waals surface area contributed by atoms with Gasteiger partial charge in [0, 0.05) is 19.3 Å². The van der Waals surface area contributed by atoms with Crippen LogP contribution in [-0.4, -0.2) is 63.7 Å². The molecule has 0 aliphatic rings. The third-order valence-corrected chi connectivity index (χ3v) is 9.83. The molecule has 0 saturated heterocycles. The standard InChI is InChI=1S/C30H39N3O4.C20H22N4O2/c1-8-11-25-31-32-26(18-19-27(34)36-29(2,3)4)33(25)20-21-14-16-22(17-15-21)23-12-9-10-13-24(23)28(35)37-30(5,6)7;1-2-5-18-22-23-19(12-21)24(18)13-14-8-10-15(11-9-14)16-6-3-4-7-17(16)20(25)26/h9-10,12-17H,8,11,18-20H2,1-7H3;3-4,6-11H,2,5,12-13,21H2,1H3,(H,25,26). The van der Waals surface area contributed by atoms with Crippen LogP contribution in [-0.2, 0) is 53.2 Å². The lowest BCUT2D eigenvalue weighted by Gasteiger charge is -2.20. The highest BCUT2D eigenvalue weighted by Gasteiger charge is 2.22. The van der Waals surface area contributed by atoms with E-state index in [4.69, 9.17) is 15.2 Å². The maximum Gasteiger partial charge on any atom is 0.339 e. The Morgan fingerprint density at radius 2 is 0.984 bits per heavy atom. The Bertz CT molecular complexity index is 2460. The average Bonchev–Trinajstić information content (AvgIpc) is 3.81. The van der Waals surface area contributed by atoms with Crippen molar-refractivity contribution in [3.63, 3.8) is 0 Å². The number of nitrogens with zero attached hydrogens (tertiary/aromatic N) is 6. The molecule has 13 heteroatoms. The summed E-state index contributed by atoms with van der Waals surface area (Å²) in [5, 5.41) is 26.5. The average molecular weight is 856 g/mol. The molecule has 2 heterocycles. The smallest absolute Gasteiger partial charge is 0.339 e. The van der Waals surface area contributed by atoms with Crippen LogP contribution >= 0.6 is 0 Å². The molecule has 0 saturated carbocycles. The van der Waals surface area contributed by atoms with Gasteiger partial charge in [0.15, 0.2) is 0 Å². The Kier molecular flexibility index (Phi) is 16.3. The zero-order valence-corrected chi connectivity index (χ0v) is 37.9. The van der Waals surface area contributed by atoms with Gasteiger partial charge >= 0.3 is 17.9 Å². The van der Waals surface area contributed by atoms with Gasteiger partial charge in [-0.2, -0.15) is 0 Å². The Morgan fingerprint density at radius 1 is 0.571 bits per heavy atom. The van der Waals surface area contributed by atoms with Crippen LogP contribution in [0.4, 0.5) is 0 Å². The summed E-state index contributed by atoms with van der Waals surface area (Å²) in [7, 11) is 0. The fourth-order valence-corrected chi connectivity index (χ4v) is 6.98. The lowest BCUT2D eigenvalue weighted by atomic mass is 9.98. The van der Waals surface area contributed by atoms with E-state index >= 15 is 0 Å². The van der Waals surface area contributed by atoms with Crippen molar-refractivity contribution in [3.05, 3.63) is 143 Å². The zero-order chi connectivity index (χ0) is 45.7. The van der Waals surface area contributed by atoms with E-state index < -0.39 is 17.2 Å². The van der Waals surface area contributed by atoms with Crippen molar-refractivity contribution in [3.8, 4) is 22.3 Å². The summed E-state index contributed by atoms with van der Waals surface area (Å²) >= 11 is 0. The number of aromatic carboxylic acids is 1. The summed E-state index contributed by atoms with van der Waals surface area (Å²) in [4.78, 5) is 36.4. The van der Waals surface area contributed by atoms with E-state index in [9.17, 15) is 19.5 Å². The number of carboxylic acids is 1. The van der Waals surface area contributed by atoms with Crippen LogP contribution in [0.5, 0.6) is 0 Å². The lowest BCUT2D eigenvalue weighted by molar-refractivity contribution is -0.154. The highest BCUT2D eigenvalue weighted by atomic mass is 16.6. The number of esters is 2. The number of aromatic nitrogens is 6. The molecule has 3 N–H and O–H groups in total. The van der Waals surface area contributed by atoms with Crippen LogP contribution in [0, 0.1) is 0 Å². The van der Waals surface area contributed by atoms with Crippen LogP contribution in [0.3, 0.4) is 0 Å². The van der Waals surface area contributed by atoms with Crippen molar-refractivity contribution in [2.75, 3.05) is 0 Å². The largest absolute Gasteiger partial charge is 0.478 e. The van der Waals surface area contributed by atoms with Crippen molar-refractivity contribution in [1.29, 1.82) is 0 Å². The Morgan fingerprint density at radius 3 is 1.43 bits per heavy atom. The van der Waals surface area contributed by atoms with Gasteiger partial charge in [-0.1, -0.05) is 98.8 Å². The highest BCUT2D eigenvalue weighted by molar-refractivity contribution is 5.97. The number of hydrogen-bond acceptors (Lipinski definition) is 10. The van der Waals surface area contributed by atoms with Crippen LogP contribution in [0.15, 0.2) is 97.1 Å². The van der Waals surface area contributed by atoms with Crippen molar-refractivity contribution in [2.45, 2.75) is 125 Å². The monoisotopic (exact) mass is 855 g/mol. The molecule has 2 aromatic heterocycles. The minimum absolute atomic E-state index is 0.243. The number of aryl methyl sites for hydroxylation is 3. The van der Waals surface area contributed by atoms with Crippen molar-refractivity contribution in [1.82, 2.24) is 29.5 Å². The van der Waals surface area contributed by atoms with E-state index in [0.717, 1.165) is 76.8 Å². The molecule has 0 aliphatic heterocycles. The number of benzene rings is 4. The van der Waals surface area contributed by atoms with Gasteiger partial charge in [-0.25, -0.2) is 9.59 Å². The van der Waals surface area contributed by atoms with Crippen LogP contribution in [0.2, 0.25) is 0 Å². The van der Waals surface area contributed by atoms with Crippen molar-refractivity contribution >= 4 is 17.9 Å². The second kappa shape index (κ2) is 21.6. The fraction of sp³-hybridized carbons (Fsp3) is 0.380. The van der Waals surface area contributed by atoms with E-state index in [-0.39, 0.29) is 18.4 Å². The molecule has 6 aromatic rings. The van der Waals surface area contributed by atoms with E-state index in [1.54, 1.807) is 18.2 Å². The predicted octanol–water partition coefficient (Wildman–Crippen LogP) is 9.28. The third kappa shape index (κ3) is 13.5. The molecular formula is C50H61N7O6. The first-order valence-electron chi connectivity index (χ1n) is 21.6. The fourth-order valence-electron chi connectivity index (χ4n) is 6.98. The minimum atomic E-state index is -0.925. The summed E-state index contributed by atoms with van der Waals surface area (Å²) in [5.74, 6) is 1.88. The number of carbonyl (C=O) groups excluding carboxylic acids is 2. The van der Waals surface area contributed by atoms with Gasteiger partial charge in [-0.05, 0) is 99.9 Å². The lowest BCUT2D eigenvalue weighted by Crippen LogP contribution is -2.24. The SMILES string of the molecule is CCCc1nnc(CCC(=O)OC(C)(C)C)n1Cc1ccc(-c2ccccc2C(=O)OC(C)(C)C)cc1.CCCc1nnc(CN)n1Cc1ccc(-c2ccccc2C(=O)O)cc1. The summed E-state index contributed by atoms with van der Waals surface area (Å²) in [6, 6.07) is 30.5. The molecule has 13 nitrogen and oxygen atoms in total. The second-order valence-electron chi connectivity index (χ2n) is 17.3. The summed E-state index contributed by atoms with van der Waals surface area (Å²) < 4.78 is 15.2. The number of ether oxygens (including phenoxy) is 2. The molecule has 332 valence electrons. The number of nitrogens with two attached hydrogens (primary N) is 1. The number of rotatable bonds is 16. The molecule has 0 fully saturated rings. The molecule has 0 aliphatic carbocycles. The molecule has 0 spiro atoms. The van der Waals surface area contributed by atoms with E-state index in [2.05, 4.69) is 55.5 Å². The molecule has 63 heavy (non-hydrogen) atoms. The first-order valence-corrected chi connectivity index (χ1v) is 21.6. The van der Waals surface area contributed by atoms with Crippen LogP contribution in [0.25, 0.3) is 22.3 Å². The molecule has 0 radical (unpaired) electrons. The normalized spacial score (nSPS) is 11.4. The predicted molar refractivity (Wildman–Crippen MR) is 244 cm³/mol. The molecule has 0 unspecified atom stereocenters.